The lowest BCUT2D eigenvalue weighted by molar-refractivity contribution is -0.138. The molecule has 1 aromatic heterocycles. The minimum Gasteiger partial charge on any atom is -0.481 e. The van der Waals surface area contributed by atoms with Gasteiger partial charge in [0, 0.05) is 6.07 Å². The summed E-state index contributed by atoms with van der Waals surface area (Å²) in [5.74, 6) is -1.14. The summed E-state index contributed by atoms with van der Waals surface area (Å²) >= 11 is 0. The van der Waals surface area contributed by atoms with Gasteiger partial charge in [-0.1, -0.05) is 0 Å². The van der Waals surface area contributed by atoms with Crippen LogP contribution in [-0.4, -0.2) is 27.7 Å². The Morgan fingerprint density at radius 2 is 2.36 bits per heavy atom. The van der Waals surface area contributed by atoms with E-state index in [1.165, 1.54) is 6.33 Å². The molecule has 0 saturated carbocycles. The second-order valence-corrected chi connectivity index (χ2v) is 2.77. The average molecular weight is 196 g/mol. The van der Waals surface area contributed by atoms with E-state index >= 15 is 0 Å². The van der Waals surface area contributed by atoms with Crippen LogP contribution in [0.5, 0.6) is 5.88 Å². The molecule has 0 aliphatic rings. The molecule has 0 aliphatic carbocycles. The molecule has 1 rings (SSSR count). The SMILES string of the molecule is CCOc1cc(C(C)C(=O)O)ncn1. The number of ether oxygens (including phenoxy) is 1. The van der Waals surface area contributed by atoms with Crippen molar-refractivity contribution >= 4 is 5.97 Å². The fourth-order valence-electron chi connectivity index (χ4n) is 0.944. The number of nitrogens with zero attached hydrogens (tertiary/aromatic N) is 2. The van der Waals surface area contributed by atoms with Gasteiger partial charge in [-0.05, 0) is 13.8 Å². The first-order chi connectivity index (χ1) is 6.65. The molecular weight excluding hydrogens is 184 g/mol. The van der Waals surface area contributed by atoms with Crippen molar-refractivity contribution in [3.63, 3.8) is 0 Å². The van der Waals surface area contributed by atoms with Crippen LogP contribution >= 0.6 is 0 Å². The first-order valence-electron chi connectivity index (χ1n) is 4.32. The molecule has 5 nitrogen and oxygen atoms in total. The van der Waals surface area contributed by atoms with Crippen LogP contribution in [0.4, 0.5) is 0 Å². The molecule has 0 aromatic carbocycles. The van der Waals surface area contributed by atoms with E-state index in [4.69, 9.17) is 9.84 Å². The van der Waals surface area contributed by atoms with Crippen LogP contribution in [0.3, 0.4) is 0 Å². The van der Waals surface area contributed by atoms with E-state index in [2.05, 4.69) is 9.97 Å². The Bertz CT molecular complexity index is 328. The van der Waals surface area contributed by atoms with Gasteiger partial charge >= 0.3 is 5.97 Å². The molecule has 0 aliphatic heterocycles. The van der Waals surface area contributed by atoms with E-state index in [0.29, 0.717) is 18.2 Å². The van der Waals surface area contributed by atoms with Gasteiger partial charge in [0.1, 0.15) is 6.33 Å². The smallest absolute Gasteiger partial charge is 0.312 e. The van der Waals surface area contributed by atoms with Gasteiger partial charge < -0.3 is 9.84 Å². The summed E-state index contributed by atoms with van der Waals surface area (Å²) in [6.07, 6.45) is 1.31. The highest BCUT2D eigenvalue weighted by Crippen LogP contribution is 2.15. The fourth-order valence-corrected chi connectivity index (χ4v) is 0.944. The highest BCUT2D eigenvalue weighted by Gasteiger charge is 2.15. The maximum absolute atomic E-state index is 10.7. The molecule has 1 N–H and O–H groups in total. The molecule has 5 heteroatoms. The van der Waals surface area contributed by atoms with Crippen molar-refractivity contribution in [3.05, 3.63) is 18.1 Å². The summed E-state index contributed by atoms with van der Waals surface area (Å²) < 4.78 is 5.13. The molecule has 1 atom stereocenters. The van der Waals surface area contributed by atoms with Crippen molar-refractivity contribution < 1.29 is 14.6 Å². The predicted octanol–water partition coefficient (Wildman–Crippen LogP) is 1.06. The number of carboxylic acids is 1. The summed E-state index contributed by atoms with van der Waals surface area (Å²) in [6.45, 7) is 3.90. The highest BCUT2D eigenvalue weighted by atomic mass is 16.5. The van der Waals surface area contributed by atoms with Crippen LogP contribution in [0.2, 0.25) is 0 Å². The molecule has 14 heavy (non-hydrogen) atoms. The second-order valence-electron chi connectivity index (χ2n) is 2.77. The summed E-state index contributed by atoms with van der Waals surface area (Å²) in [5.41, 5.74) is 0.455. The number of aliphatic carboxylic acids is 1. The third kappa shape index (κ3) is 2.42. The van der Waals surface area contributed by atoms with E-state index in [-0.39, 0.29) is 0 Å². The molecule has 1 unspecified atom stereocenters. The zero-order valence-electron chi connectivity index (χ0n) is 8.10. The molecule has 0 bridgehead atoms. The lowest BCUT2D eigenvalue weighted by Gasteiger charge is -2.06. The van der Waals surface area contributed by atoms with Gasteiger partial charge in [0.2, 0.25) is 5.88 Å². The molecule has 0 amide bonds. The number of aromatic nitrogens is 2. The minimum atomic E-state index is -0.911. The normalized spacial score (nSPS) is 12.1. The maximum Gasteiger partial charge on any atom is 0.312 e. The van der Waals surface area contributed by atoms with Gasteiger partial charge in [-0.2, -0.15) is 0 Å². The Labute approximate surface area is 81.8 Å². The van der Waals surface area contributed by atoms with E-state index in [1.54, 1.807) is 13.0 Å². The zero-order valence-corrected chi connectivity index (χ0v) is 8.10. The molecule has 76 valence electrons. The lowest BCUT2D eigenvalue weighted by Crippen LogP contribution is -2.09. The maximum atomic E-state index is 10.7. The first kappa shape index (κ1) is 10.4. The Kier molecular flexibility index (Phi) is 3.39. The zero-order chi connectivity index (χ0) is 10.6. The fraction of sp³-hybridized carbons (Fsp3) is 0.444. The van der Waals surface area contributed by atoms with E-state index < -0.39 is 11.9 Å². The van der Waals surface area contributed by atoms with Crippen LogP contribution in [0.1, 0.15) is 25.5 Å². The number of carbonyl (C=O) groups is 1. The number of carboxylic acid groups (broad SMARTS) is 1. The van der Waals surface area contributed by atoms with Crippen LogP contribution in [0.25, 0.3) is 0 Å². The first-order valence-corrected chi connectivity index (χ1v) is 4.32. The molecular formula is C9H12N2O3. The van der Waals surface area contributed by atoms with Gasteiger partial charge in [-0.15, -0.1) is 0 Å². The summed E-state index contributed by atoms with van der Waals surface area (Å²) in [6, 6.07) is 1.54. The summed E-state index contributed by atoms with van der Waals surface area (Å²) in [7, 11) is 0. The molecule has 0 spiro atoms. The lowest BCUT2D eigenvalue weighted by atomic mass is 10.1. The largest absolute Gasteiger partial charge is 0.481 e. The quantitative estimate of drug-likeness (QED) is 0.779. The molecule has 1 heterocycles. The van der Waals surface area contributed by atoms with Crippen LogP contribution in [-0.2, 0) is 4.79 Å². The van der Waals surface area contributed by atoms with Crippen molar-refractivity contribution in [1.29, 1.82) is 0 Å². The van der Waals surface area contributed by atoms with Crippen molar-refractivity contribution in [3.8, 4) is 5.88 Å². The minimum absolute atomic E-state index is 0.408. The molecule has 0 radical (unpaired) electrons. The molecule has 0 fully saturated rings. The number of hydrogen-bond acceptors (Lipinski definition) is 4. The number of rotatable bonds is 4. The van der Waals surface area contributed by atoms with Crippen molar-refractivity contribution in [2.75, 3.05) is 6.61 Å². The van der Waals surface area contributed by atoms with Crippen LogP contribution < -0.4 is 4.74 Å². The van der Waals surface area contributed by atoms with Gasteiger partial charge in [0.15, 0.2) is 0 Å². The van der Waals surface area contributed by atoms with Crippen molar-refractivity contribution in [2.45, 2.75) is 19.8 Å². The molecule has 0 saturated heterocycles. The monoisotopic (exact) mass is 196 g/mol. The van der Waals surface area contributed by atoms with Crippen molar-refractivity contribution in [1.82, 2.24) is 9.97 Å². The Morgan fingerprint density at radius 3 is 2.93 bits per heavy atom. The number of hydrogen-bond donors (Lipinski definition) is 1. The Hall–Kier alpha value is -1.65. The Morgan fingerprint density at radius 1 is 1.64 bits per heavy atom. The van der Waals surface area contributed by atoms with Gasteiger partial charge in [0.25, 0.3) is 0 Å². The third-order valence-corrected chi connectivity index (χ3v) is 1.77. The van der Waals surface area contributed by atoms with Crippen LogP contribution in [0.15, 0.2) is 12.4 Å². The third-order valence-electron chi connectivity index (χ3n) is 1.77. The summed E-state index contributed by atoms with van der Waals surface area (Å²) in [4.78, 5) is 18.4. The van der Waals surface area contributed by atoms with E-state index in [1.807, 2.05) is 6.92 Å². The van der Waals surface area contributed by atoms with Gasteiger partial charge in [0.05, 0.1) is 18.2 Å². The van der Waals surface area contributed by atoms with E-state index in [9.17, 15) is 4.79 Å². The van der Waals surface area contributed by atoms with Gasteiger partial charge in [-0.25, -0.2) is 9.97 Å². The van der Waals surface area contributed by atoms with Crippen molar-refractivity contribution in [2.24, 2.45) is 0 Å². The Balaban J connectivity index is 2.87. The predicted molar refractivity (Wildman–Crippen MR) is 49.3 cm³/mol. The van der Waals surface area contributed by atoms with Crippen LogP contribution in [0, 0.1) is 0 Å². The molecule has 1 aromatic rings. The topological polar surface area (TPSA) is 72.3 Å². The average Bonchev–Trinajstić information content (AvgIpc) is 2.17. The second kappa shape index (κ2) is 4.55. The summed E-state index contributed by atoms with van der Waals surface area (Å²) in [5, 5.41) is 8.75. The van der Waals surface area contributed by atoms with Gasteiger partial charge in [-0.3, -0.25) is 4.79 Å². The standard InChI is InChI=1S/C9H12N2O3/c1-3-14-8-4-7(10-5-11-8)6(2)9(12)13/h4-6H,3H2,1-2H3,(H,12,13). The highest BCUT2D eigenvalue weighted by molar-refractivity contribution is 5.74. The van der Waals surface area contributed by atoms with E-state index in [0.717, 1.165) is 0 Å².